The van der Waals surface area contributed by atoms with Crippen LogP contribution in [0, 0.1) is 0 Å². The Bertz CT molecular complexity index is 267. The summed E-state index contributed by atoms with van der Waals surface area (Å²) in [5.41, 5.74) is 1.04. The Balaban J connectivity index is 2.94. The zero-order chi connectivity index (χ0) is 8.97. The summed E-state index contributed by atoms with van der Waals surface area (Å²) in [6.45, 7) is 0. The largest absolute Gasteiger partial charge is 0.481 e. The Morgan fingerprint density at radius 2 is 2.33 bits per heavy atom. The molecule has 0 amide bonds. The molecule has 0 saturated heterocycles. The van der Waals surface area contributed by atoms with Crippen LogP contribution < -0.4 is 4.74 Å². The molecule has 4 heteroatoms. The lowest BCUT2D eigenvalue weighted by molar-refractivity contribution is 0.393. The van der Waals surface area contributed by atoms with Gasteiger partial charge in [0.05, 0.1) is 7.11 Å². The Labute approximate surface area is 82.3 Å². The SMILES string of the molecule is COc1nc(Cl)ccc1CCS. The molecule has 0 fully saturated rings. The number of hydrogen-bond acceptors (Lipinski definition) is 3. The van der Waals surface area contributed by atoms with E-state index in [1.807, 2.05) is 6.07 Å². The van der Waals surface area contributed by atoms with E-state index < -0.39 is 0 Å². The van der Waals surface area contributed by atoms with Crippen LogP contribution in [0.4, 0.5) is 0 Å². The van der Waals surface area contributed by atoms with Crippen LogP contribution in [-0.2, 0) is 6.42 Å². The van der Waals surface area contributed by atoms with Crippen LogP contribution in [0.1, 0.15) is 5.56 Å². The number of halogens is 1. The summed E-state index contributed by atoms with van der Waals surface area (Å²) >= 11 is 9.81. The summed E-state index contributed by atoms with van der Waals surface area (Å²) in [6, 6.07) is 3.66. The number of pyridine rings is 1. The van der Waals surface area contributed by atoms with E-state index in [0.29, 0.717) is 11.0 Å². The third-order valence-corrected chi connectivity index (χ3v) is 1.91. The molecule has 2 nitrogen and oxygen atoms in total. The lowest BCUT2D eigenvalue weighted by atomic mass is 10.2. The van der Waals surface area contributed by atoms with Gasteiger partial charge in [-0.2, -0.15) is 12.6 Å². The molecule has 0 aliphatic carbocycles. The van der Waals surface area contributed by atoms with Crippen molar-refractivity contribution in [2.75, 3.05) is 12.9 Å². The second-order valence-electron chi connectivity index (χ2n) is 2.28. The van der Waals surface area contributed by atoms with Gasteiger partial charge >= 0.3 is 0 Å². The molecule has 0 N–H and O–H groups in total. The standard InChI is InChI=1S/C8H10ClNOS/c1-11-8-6(4-5-12)2-3-7(9)10-8/h2-3,12H,4-5H2,1H3. The fourth-order valence-electron chi connectivity index (χ4n) is 0.934. The van der Waals surface area contributed by atoms with E-state index in [0.717, 1.165) is 17.7 Å². The Morgan fingerprint density at radius 1 is 1.58 bits per heavy atom. The van der Waals surface area contributed by atoms with Crippen molar-refractivity contribution in [3.63, 3.8) is 0 Å². The van der Waals surface area contributed by atoms with Crippen molar-refractivity contribution >= 4 is 24.2 Å². The molecule has 1 rings (SSSR count). The number of thiol groups is 1. The first-order chi connectivity index (χ1) is 5.77. The predicted octanol–water partition coefficient (Wildman–Crippen LogP) is 2.22. The van der Waals surface area contributed by atoms with Crippen molar-refractivity contribution in [2.45, 2.75) is 6.42 Å². The van der Waals surface area contributed by atoms with Gasteiger partial charge in [0.1, 0.15) is 5.15 Å². The number of aryl methyl sites for hydroxylation is 1. The normalized spacial score (nSPS) is 9.92. The summed E-state index contributed by atoms with van der Waals surface area (Å²) in [5, 5.41) is 0.453. The predicted molar refractivity (Wildman–Crippen MR) is 53.4 cm³/mol. The minimum Gasteiger partial charge on any atom is -0.481 e. The number of methoxy groups -OCH3 is 1. The molecule has 0 aromatic carbocycles. The summed E-state index contributed by atoms with van der Waals surface area (Å²) in [7, 11) is 1.58. The van der Waals surface area contributed by atoms with Gasteiger partial charge in [0.15, 0.2) is 0 Å². The fourth-order valence-corrected chi connectivity index (χ4v) is 1.31. The van der Waals surface area contributed by atoms with Crippen LogP contribution in [0.2, 0.25) is 5.15 Å². The first-order valence-corrected chi connectivity index (χ1v) is 4.59. The molecule has 0 unspecified atom stereocenters. The molecule has 0 saturated carbocycles. The first-order valence-electron chi connectivity index (χ1n) is 3.58. The van der Waals surface area contributed by atoms with Gasteiger partial charge in [0.2, 0.25) is 5.88 Å². The number of hydrogen-bond donors (Lipinski definition) is 1. The summed E-state index contributed by atoms with van der Waals surface area (Å²) in [4.78, 5) is 4.02. The maximum atomic E-state index is 5.69. The quantitative estimate of drug-likeness (QED) is 0.601. The number of ether oxygens (including phenoxy) is 1. The van der Waals surface area contributed by atoms with Crippen LogP contribution in [0.3, 0.4) is 0 Å². The zero-order valence-corrected chi connectivity index (χ0v) is 8.40. The van der Waals surface area contributed by atoms with Crippen molar-refractivity contribution in [1.29, 1.82) is 0 Å². The Kier molecular flexibility index (Phi) is 3.69. The van der Waals surface area contributed by atoms with Gasteiger partial charge in [-0.3, -0.25) is 0 Å². The van der Waals surface area contributed by atoms with Crippen LogP contribution >= 0.6 is 24.2 Å². The molecule has 1 heterocycles. The molecular weight excluding hydrogens is 194 g/mol. The molecule has 12 heavy (non-hydrogen) atoms. The lowest BCUT2D eigenvalue weighted by Gasteiger charge is -2.05. The summed E-state index contributed by atoms with van der Waals surface area (Å²) in [5.74, 6) is 1.37. The molecule has 0 atom stereocenters. The Hall–Kier alpha value is -0.410. The Morgan fingerprint density at radius 3 is 2.92 bits per heavy atom. The van der Waals surface area contributed by atoms with E-state index in [4.69, 9.17) is 16.3 Å². The van der Waals surface area contributed by atoms with Crippen LogP contribution in [0.15, 0.2) is 12.1 Å². The topological polar surface area (TPSA) is 22.1 Å². The highest BCUT2D eigenvalue weighted by molar-refractivity contribution is 7.80. The summed E-state index contributed by atoms with van der Waals surface area (Å²) in [6.07, 6.45) is 0.844. The van der Waals surface area contributed by atoms with Crippen molar-refractivity contribution < 1.29 is 4.74 Å². The van der Waals surface area contributed by atoms with E-state index in [1.165, 1.54) is 0 Å². The van der Waals surface area contributed by atoms with Crippen LogP contribution in [-0.4, -0.2) is 17.8 Å². The average molecular weight is 204 g/mol. The zero-order valence-electron chi connectivity index (χ0n) is 6.75. The van der Waals surface area contributed by atoms with E-state index in [9.17, 15) is 0 Å². The molecule has 0 aliphatic rings. The van der Waals surface area contributed by atoms with Gasteiger partial charge in [0, 0.05) is 5.56 Å². The second kappa shape index (κ2) is 4.58. The smallest absolute Gasteiger partial charge is 0.217 e. The number of rotatable bonds is 3. The molecular formula is C8H10ClNOS. The van der Waals surface area contributed by atoms with Crippen LogP contribution in [0.25, 0.3) is 0 Å². The molecule has 0 bridgehead atoms. The minimum absolute atomic E-state index is 0.453. The number of aromatic nitrogens is 1. The minimum atomic E-state index is 0.453. The monoisotopic (exact) mass is 203 g/mol. The highest BCUT2D eigenvalue weighted by Gasteiger charge is 2.03. The van der Waals surface area contributed by atoms with E-state index in [-0.39, 0.29) is 0 Å². The average Bonchev–Trinajstić information content (AvgIpc) is 2.08. The van der Waals surface area contributed by atoms with Gasteiger partial charge < -0.3 is 4.74 Å². The highest BCUT2D eigenvalue weighted by Crippen LogP contribution is 2.18. The van der Waals surface area contributed by atoms with Gasteiger partial charge in [0.25, 0.3) is 0 Å². The molecule has 66 valence electrons. The number of nitrogens with zero attached hydrogens (tertiary/aromatic N) is 1. The molecule has 1 aromatic rings. The van der Waals surface area contributed by atoms with Crippen LogP contribution in [0.5, 0.6) is 5.88 Å². The van der Waals surface area contributed by atoms with Crippen molar-refractivity contribution in [2.24, 2.45) is 0 Å². The third-order valence-electron chi connectivity index (χ3n) is 1.48. The van der Waals surface area contributed by atoms with Crippen molar-refractivity contribution in [3.8, 4) is 5.88 Å². The third kappa shape index (κ3) is 2.29. The molecule has 0 spiro atoms. The maximum Gasteiger partial charge on any atom is 0.217 e. The highest BCUT2D eigenvalue weighted by atomic mass is 35.5. The van der Waals surface area contributed by atoms with Gasteiger partial charge in [-0.1, -0.05) is 17.7 Å². The molecule has 0 radical (unpaired) electrons. The van der Waals surface area contributed by atoms with Gasteiger partial charge in [-0.25, -0.2) is 4.98 Å². The van der Waals surface area contributed by atoms with E-state index >= 15 is 0 Å². The summed E-state index contributed by atoms with van der Waals surface area (Å²) < 4.78 is 5.05. The second-order valence-corrected chi connectivity index (χ2v) is 3.11. The van der Waals surface area contributed by atoms with Gasteiger partial charge in [-0.15, -0.1) is 0 Å². The van der Waals surface area contributed by atoms with Gasteiger partial charge in [-0.05, 0) is 18.2 Å². The van der Waals surface area contributed by atoms with Crippen molar-refractivity contribution in [1.82, 2.24) is 4.98 Å². The lowest BCUT2D eigenvalue weighted by Crippen LogP contribution is -1.95. The van der Waals surface area contributed by atoms with Crippen molar-refractivity contribution in [3.05, 3.63) is 22.8 Å². The van der Waals surface area contributed by atoms with E-state index in [2.05, 4.69) is 17.6 Å². The fraction of sp³-hybridized carbons (Fsp3) is 0.375. The molecule has 1 aromatic heterocycles. The first kappa shape index (κ1) is 9.68. The van der Waals surface area contributed by atoms with E-state index in [1.54, 1.807) is 13.2 Å². The molecule has 0 aliphatic heterocycles. The maximum absolute atomic E-state index is 5.69.